The van der Waals surface area contributed by atoms with Crippen LogP contribution in [0, 0.1) is 0 Å². The van der Waals surface area contributed by atoms with Gasteiger partial charge in [0, 0.05) is 18.3 Å². The molecule has 3 heterocycles. The number of morpholine rings is 1. The number of hydrogen-bond donors (Lipinski definition) is 1. The van der Waals surface area contributed by atoms with E-state index in [4.69, 9.17) is 16.3 Å². The van der Waals surface area contributed by atoms with Crippen molar-refractivity contribution in [2.24, 2.45) is 0 Å². The van der Waals surface area contributed by atoms with Gasteiger partial charge in [-0.3, -0.25) is 9.59 Å². The number of pyridine rings is 1. The smallest absolute Gasteiger partial charge is 0.254 e. The van der Waals surface area contributed by atoms with Crippen LogP contribution in [-0.2, 0) is 20.9 Å². The van der Waals surface area contributed by atoms with Gasteiger partial charge in [0.1, 0.15) is 12.3 Å². The number of nitrogens with one attached hydrogen (secondary N) is 1. The van der Waals surface area contributed by atoms with Crippen molar-refractivity contribution < 1.29 is 14.3 Å². The number of imidazole rings is 1. The molecule has 28 heavy (non-hydrogen) atoms. The molecule has 8 heteroatoms. The van der Waals surface area contributed by atoms with Gasteiger partial charge in [0.05, 0.1) is 24.5 Å². The summed E-state index contributed by atoms with van der Waals surface area (Å²) in [5, 5.41) is 3.31. The van der Waals surface area contributed by atoms with Gasteiger partial charge in [0.15, 0.2) is 6.10 Å². The van der Waals surface area contributed by atoms with Gasteiger partial charge in [-0.05, 0) is 23.8 Å². The van der Waals surface area contributed by atoms with E-state index in [9.17, 15) is 9.59 Å². The number of nitrogens with zero attached hydrogens (tertiary/aromatic N) is 3. The van der Waals surface area contributed by atoms with Crippen LogP contribution in [-0.4, -0.2) is 45.9 Å². The second-order valence-electron chi connectivity index (χ2n) is 6.67. The minimum atomic E-state index is -0.859. The van der Waals surface area contributed by atoms with E-state index in [2.05, 4.69) is 10.3 Å². The molecule has 4 rings (SSSR count). The summed E-state index contributed by atoms with van der Waals surface area (Å²) in [6.07, 6.45) is 2.79. The molecule has 144 valence electrons. The highest BCUT2D eigenvalue weighted by atomic mass is 35.5. The van der Waals surface area contributed by atoms with Crippen molar-refractivity contribution in [2.75, 3.05) is 13.7 Å². The number of likely N-dealkylation sites (N-methyl/N-ethyl adjacent to an activating group) is 1. The Bertz CT molecular complexity index is 1030. The molecule has 2 aromatic heterocycles. The van der Waals surface area contributed by atoms with Crippen LogP contribution in [0.2, 0.25) is 5.02 Å². The minimum Gasteiger partial charge on any atom is -0.356 e. The Labute approximate surface area is 166 Å². The molecule has 0 radical (unpaired) electrons. The van der Waals surface area contributed by atoms with Crippen molar-refractivity contribution in [3.63, 3.8) is 0 Å². The first-order valence-corrected chi connectivity index (χ1v) is 9.24. The molecule has 0 unspecified atom stereocenters. The molecule has 1 aromatic carbocycles. The minimum absolute atomic E-state index is 0.166. The largest absolute Gasteiger partial charge is 0.356 e. The Kier molecular flexibility index (Phi) is 5.02. The van der Waals surface area contributed by atoms with Crippen molar-refractivity contribution >= 4 is 29.1 Å². The molecule has 1 aliphatic heterocycles. The van der Waals surface area contributed by atoms with Gasteiger partial charge in [-0.15, -0.1) is 0 Å². The van der Waals surface area contributed by atoms with E-state index in [1.54, 1.807) is 36.3 Å². The molecule has 1 N–H and O–H groups in total. The van der Waals surface area contributed by atoms with Crippen LogP contribution in [0.25, 0.3) is 5.65 Å². The summed E-state index contributed by atoms with van der Waals surface area (Å²) in [4.78, 5) is 30.9. The number of amides is 2. The summed E-state index contributed by atoms with van der Waals surface area (Å²) in [5.74, 6) is -0.519. The first kappa shape index (κ1) is 18.5. The normalized spacial score (nSPS) is 19.4. The van der Waals surface area contributed by atoms with Crippen LogP contribution in [0.5, 0.6) is 0 Å². The van der Waals surface area contributed by atoms with E-state index in [1.807, 2.05) is 34.9 Å². The summed E-state index contributed by atoms with van der Waals surface area (Å²) in [7, 11) is 1.70. The molecule has 7 nitrogen and oxygen atoms in total. The first-order chi connectivity index (χ1) is 13.5. The fraction of sp³-hybridized carbons (Fsp3) is 0.250. The maximum atomic E-state index is 13.1. The predicted octanol–water partition coefficient (Wildman–Crippen LogP) is 2.20. The predicted molar refractivity (Wildman–Crippen MR) is 104 cm³/mol. The zero-order chi connectivity index (χ0) is 19.7. The first-order valence-electron chi connectivity index (χ1n) is 8.86. The lowest BCUT2D eigenvalue weighted by Gasteiger charge is -2.34. The van der Waals surface area contributed by atoms with Crippen LogP contribution < -0.4 is 5.32 Å². The molecule has 0 aliphatic carbocycles. The number of carbonyl (C=O) groups excluding carboxylic acids is 2. The summed E-state index contributed by atoms with van der Waals surface area (Å²) >= 11 is 6.29. The van der Waals surface area contributed by atoms with E-state index < -0.39 is 12.1 Å². The standard InChI is InChI=1S/C20H19ClN4O3/c1-24(11-13-10-22-16-8-4-5-9-25(13)16)20(27)19-18(23-17(26)12-28-19)14-6-2-3-7-15(14)21/h2-10,18-19H,11-12H2,1H3,(H,23,26)/t18-,19+/m1/s1. The average molecular weight is 399 g/mol. The highest BCUT2D eigenvalue weighted by Gasteiger charge is 2.38. The van der Waals surface area contributed by atoms with Crippen LogP contribution in [0.3, 0.4) is 0 Å². The molecule has 0 bridgehead atoms. The number of aromatic nitrogens is 2. The molecular weight excluding hydrogens is 380 g/mol. The molecule has 1 fully saturated rings. The van der Waals surface area contributed by atoms with Crippen molar-refractivity contribution in [1.82, 2.24) is 19.6 Å². The number of hydrogen-bond acceptors (Lipinski definition) is 4. The third kappa shape index (κ3) is 3.46. The molecule has 0 saturated carbocycles. The van der Waals surface area contributed by atoms with Gasteiger partial charge in [0.2, 0.25) is 5.91 Å². The van der Waals surface area contributed by atoms with Gasteiger partial charge >= 0.3 is 0 Å². The third-order valence-corrected chi connectivity index (χ3v) is 5.11. The molecule has 2 amide bonds. The van der Waals surface area contributed by atoms with Gasteiger partial charge in [-0.2, -0.15) is 0 Å². The Morgan fingerprint density at radius 1 is 1.32 bits per heavy atom. The monoisotopic (exact) mass is 398 g/mol. The van der Waals surface area contributed by atoms with Crippen LogP contribution in [0.1, 0.15) is 17.3 Å². The van der Waals surface area contributed by atoms with E-state index in [-0.39, 0.29) is 18.4 Å². The number of carbonyl (C=O) groups is 2. The zero-order valence-corrected chi connectivity index (χ0v) is 16.0. The van der Waals surface area contributed by atoms with Gasteiger partial charge in [-0.1, -0.05) is 35.9 Å². The van der Waals surface area contributed by atoms with Crippen LogP contribution in [0.4, 0.5) is 0 Å². The lowest BCUT2D eigenvalue weighted by Crippen LogP contribution is -2.52. The maximum absolute atomic E-state index is 13.1. The lowest BCUT2D eigenvalue weighted by molar-refractivity contribution is -0.154. The quantitative estimate of drug-likeness (QED) is 0.731. The molecular formula is C20H19ClN4O3. The third-order valence-electron chi connectivity index (χ3n) is 4.77. The molecule has 1 saturated heterocycles. The topological polar surface area (TPSA) is 75.9 Å². The second-order valence-corrected chi connectivity index (χ2v) is 7.08. The fourth-order valence-electron chi connectivity index (χ4n) is 3.37. The van der Waals surface area contributed by atoms with Crippen LogP contribution in [0.15, 0.2) is 54.9 Å². The number of fused-ring (bicyclic) bond motifs is 1. The SMILES string of the molecule is CN(Cc1cnc2ccccn12)C(=O)[C@H]1OCC(=O)N[C@@H]1c1ccccc1Cl. The van der Waals surface area contributed by atoms with E-state index >= 15 is 0 Å². The highest BCUT2D eigenvalue weighted by molar-refractivity contribution is 6.31. The molecule has 1 aliphatic rings. The zero-order valence-electron chi connectivity index (χ0n) is 15.2. The average Bonchev–Trinajstić information content (AvgIpc) is 3.11. The summed E-state index contributed by atoms with van der Waals surface area (Å²) in [6, 6.07) is 12.2. The van der Waals surface area contributed by atoms with E-state index in [0.29, 0.717) is 17.1 Å². The molecule has 0 spiro atoms. The number of benzene rings is 1. The van der Waals surface area contributed by atoms with Gasteiger partial charge < -0.3 is 19.4 Å². The summed E-state index contributed by atoms with van der Waals surface area (Å²) < 4.78 is 7.55. The van der Waals surface area contributed by atoms with Gasteiger partial charge in [-0.25, -0.2) is 4.98 Å². The number of halogens is 1. The Hall–Kier alpha value is -2.90. The number of rotatable bonds is 4. The Morgan fingerprint density at radius 2 is 2.11 bits per heavy atom. The van der Waals surface area contributed by atoms with Crippen molar-refractivity contribution in [3.05, 3.63) is 71.1 Å². The maximum Gasteiger partial charge on any atom is 0.254 e. The van der Waals surface area contributed by atoms with Crippen molar-refractivity contribution in [3.8, 4) is 0 Å². The summed E-state index contributed by atoms with van der Waals surface area (Å²) in [6.45, 7) is 0.188. The number of ether oxygens (including phenoxy) is 1. The van der Waals surface area contributed by atoms with Crippen molar-refractivity contribution in [2.45, 2.75) is 18.7 Å². The highest BCUT2D eigenvalue weighted by Crippen LogP contribution is 2.29. The van der Waals surface area contributed by atoms with Crippen molar-refractivity contribution in [1.29, 1.82) is 0 Å². The second kappa shape index (κ2) is 7.61. The van der Waals surface area contributed by atoms with Gasteiger partial charge in [0.25, 0.3) is 5.91 Å². The van der Waals surface area contributed by atoms with Crippen LogP contribution >= 0.6 is 11.6 Å². The van der Waals surface area contributed by atoms with E-state index in [1.165, 1.54) is 0 Å². The Morgan fingerprint density at radius 3 is 2.93 bits per heavy atom. The Balaban J connectivity index is 1.58. The summed E-state index contributed by atoms with van der Waals surface area (Å²) in [5.41, 5.74) is 2.34. The van der Waals surface area contributed by atoms with E-state index in [0.717, 1.165) is 11.3 Å². The lowest BCUT2D eigenvalue weighted by atomic mass is 9.98. The fourth-order valence-corrected chi connectivity index (χ4v) is 3.63. The molecule has 2 atom stereocenters. The molecule has 3 aromatic rings.